The van der Waals surface area contributed by atoms with Crippen molar-refractivity contribution in [3.8, 4) is 5.75 Å². The first-order chi connectivity index (χ1) is 13.4. The van der Waals surface area contributed by atoms with Crippen LogP contribution in [0.15, 0.2) is 47.4 Å². The van der Waals surface area contributed by atoms with Crippen molar-refractivity contribution in [3.05, 3.63) is 58.1 Å². The van der Waals surface area contributed by atoms with Crippen molar-refractivity contribution in [2.24, 2.45) is 0 Å². The van der Waals surface area contributed by atoms with E-state index in [-0.39, 0.29) is 29.2 Å². The van der Waals surface area contributed by atoms with E-state index in [9.17, 15) is 8.42 Å². The highest BCUT2D eigenvalue weighted by Crippen LogP contribution is 2.26. The molecule has 0 amide bonds. The lowest BCUT2D eigenvalue weighted by atomic mass is 10.2. The Bertz CT molecular complexity index is 924. The summed E-state index contributed by atoms with van der Waals surface area (Å²) in [6, 6.07) is 11.9. The van der Waals surface area contributed by atoms with E-state index in [0.717, 1.165) is 12.1 Å². The maximum atomic E-state index is 12.7. The molecule has 0 bridgehead atoms. The summed E-state index contributed by atoms with van der Waals surface area (Å²) in [4.78, 5) is 2.17. The van der Waals surface area contributed by atoms with E-state index in [1.807, 2.05) is 24.3 Å². The number of aliphatic hydroxyl groups excluding tert-OH is 1. The largest absolute Gasteiger partial charge is 0.491 e. The number of benzene rings is 2. The van der Waals surface area contributed by atoms with Gasteiger partial charge in [-0.2, -0.15) is 0 Å². The first kappa shape index (κ1) is 21.4. The minimum Gasteiger partial charge on any atom is -0.491 e. The van der Waals surface area contributed by atoms with Crippen molar-refractivity contribution in [2.45, 2.75) is 23.9 Å². The van der Waals surface area contributed by atoms with Crippen molar-refractivity contribution in [1.82, 2.24) is 9.62 Å². The van der Waals surface area contributed by atoms with Gasteiger partial charge in [-0.25, -0.2) is 13.1 Å². The fraction of sp³-hybridized carbons (Fsp3) is 0.368. The molecule has 0 saturated carbocycles. The molecule has 1 atom stereocenters. The number of aliphatic hydroxyl groups is 1. The van der Waals surface area contributed by atoms with Gasteiger partial charge in [-0.15, -0.1) is 0 Å². The molecule has 1 aliphatic heterocycles. The lowest BCUT2D eigenvalue weighted by Crippen LogP contribution is -2.37. The molecule has 2 aromatic carbocycles. The fourth-order valence-electron chi connectivity index (χ4n) is 3.19. The van der Waals surface area contributed by atoms with Crippen molar-refractivity contribution in [1.29, 1.82) is 0 Å². The van der Waals surface area contributed by atoms with Crippen LogP contribution < -0.4 is 9.46 Å². The normalized spacial score (nSPS) is 17.8. The predicted octanol–water partition coefficient (Wildman–Crippen LogP) is 2.92. The molecule has 6 nitrogen and oxygen atoms in total. The van der Waals surface area contributed by atoms with Crippen LogP contribution >= 0.6 is 23.2 Å². The number of hydrogen-bond donors (Lipinski definition) is 2. The molecule has 2 aromatic rings. The quantitative estimate of drug-likeness (QED) is 0.654. The van der Waals surface area contributed by atoms with Crippen LogP contribution in [0.3, 0.4) is 0 Å². The fourth-order valence-corrected chi connectivity index (χ4v) is 5.22. The molecule has 0 aromatic heterocycles. The average Bonchev–Trinajstić information content (AvgIpc) is 3.08. The van der Waals surface area contributed by atoms with Crippen LogP contribution in [0.2, 0.25) is 10.0 Å². The smallest absolute Gasteiger partial charge is 0.242 e. The van der Waals surface area contributed by atoms with Crippen molar-refractivity contribution in [3.63, 3.8) is 0 Å². The molecule has 1 heterocycles. The SMILES string of the molecule is O=S(=O)(N[C@H]1CCN(Cc2cccc(OCCO)c2)C1)c1cc(Cl)ccc1Cl. The van der Waals surface area contributed by atoms with Crippen LogP contribution in [-0.2, 0) is 16.6 Å². The van der Waals surface area contributed by atoms with Crippen molar-refractivity contribution < 1.29 is 18.3 Å². The molecule has 3 rings (SSSR count). The molecule has 2 N–H and O–H groups in total. The number of likely N-dealkylation sites (tertiary alicyclic amines) is 1. The molecule has 9 heteroatoms. The third-order valence-corrected chi connectivity index (χ3v) is 6.68. The van der Waals surface area contributed by atoms with E-state index in [0.29, 0.717) is 30.3 Å². The number of nitrogens with one attached hydrogen (secondary N) is 1. The van der Waals surface area contributed by atoms with Gasteiger partial charge in [0.15, 0.2) is 0 Å². The molecule has 0 aliphatic carbocycles. The van der Waals surface area contributed by atoms with Gasteiger partial charge < -0.3 is 9.84 Å². The molecule has 0 spiro atoms. The summed E-state index contributed by atoms with van der Waals surface area (Å²) >= 11 is 12.0. The molecular formula is C19H22Cl2N2O4S. The van der Waals surface area contributed by atoms with E-state index in [2.05, 4.69) is 9.62 Å². The standard InChI is InChI=1S/C19H22Cl2N2O4S/c20-15-4-5-18(21)19(11-15)28(25,26)22-16-6-7-23(13-16)12-14-2-1-3-17(10-14)27-9-8-24/h1-5,10-11,16,22,24H,6-9,12-13H2/t16-/m0/s1. The summed E-state index contributed by atoms with van der Waals surface area (Å²) in [5, 5.41) is 9.32. The van der Waals surface area contributed by atoms with Gasteiger partial charge in [-0.3, -0.25) is 4.90 Å². The highest BCUT2D eigenvalue weighted by molar-refractivity contribution is 7.89. The number of sulfonamides is 1. The van der Waals surface area contributed by atoms with Gasteiger partial charge in [0.1, 0.15) is 17.3 Å². The molecule has 0 unspecified atom stereocenters. The number of nitrogens with zero attached hydrogens (tertiary/aromatic N) is 1. The molecule has 0 radical (unpaired) electrons. The van der Waals surface area contributed by atoms with Gasteiger partial charge in [0.2, 0.25) is 10.0 Å². The molecular weight excluding hydrogens is 423 g/mol. The summed E-state index contributed by atoms with van der Waals surface area (Å²) < 4.78 is 33.5. The van der Waals surface area contributed by atoms with Crippen LogP contribution in [-0.4, -0.2) is 50.8 Å². The highest BCUT2D eigenvalue weighted by atomic mass is 35.5. The van der Waals surface area contributed by atoms with Gasteiger partial charge in [-0.1, -0.05) is 35.3 Å². The predicted molar refractivity (Wildman–Crippen MR) is 109 cm³/mol. The highest BCUT2D eigenvalue weighted by Gasteiger charge is 2.28. The second-order valence-corrected chi connectivity index (χ2v) is 9.16. The van der Waals surface area contributed by atoms with Gasteiger partial charge >= 0.3 is 0 Å². The van der Waals surface area contributed by atoms with Gasteiger partial charge in [0, 0.05) is 30.7 Å². The number of ether oxygens (including phenoxy) is 1. The van der Waals surface area contributed by atoms with Crippen molar-refractivity contribution in [2.75, 3.05) is 26.3 Å². The summed E-state index contributed by atoms with van der Waals surface area (Å²) in [6.07, 6.45) is 0.706. The average molecular weight is 445 g/mol. The molecule has 1 saturated heterocycles. The third kappa shape index (κ3) is 5.59. The van der Waals surface area contributed by atoms with Crippen LogP contribution in [0.4, 0.5) is 0 Å². The Morgan fingerprint density at radius 1 is 1.21 bits per heavy atom. The van der Waals surface area contributed by atoms with Gasteiger partial charge in [0.05, 0.1) is 11.6 Å². The first-order valence-corrected chi connectivity index (χ1v) is 11.1. The van der Waals surface area contributed by atoms with E-state index < -0.39 is 10.0 Å². The number of hydrogen-bond acceptors (Lipinski definition) is 5. The van der Waals surface area contributed by atoms with Crippen LogP contribution in [0.1, 0.15) is 12.0 Å². The summed E-state index contributed by atoms with van der Waals surface area (Å²) in [5.74, 6) is 0.707. The van der Waals surface area contributed by atoms with E-state index in [1.165, 1.54) is 12.1 Å². The Hall–Kier alpha value is -1.35. The van der Waals surface area contributed by atoms with E-state index in [4.69, 9.17) is 33.0 Å². The Balaban J connectivity index is 1.60. The lowest BCUT2D eigenvalue weighted by Gasteiger charge is -2.18. The zero-order chi connectivity index (χ0) is 20.1. The molecule has 1 fully saturated rings. The Labute approximate surface area is 175 Å². The second-order valence-electron chi connectivity index (χ2n) is 6.64. The van der Waals surface area contributed by atoms with Crippen molar-refractivity contribution >= 4 is 33.2 Å². The van der Waals surface area contributed by atoms with E-state index in [1.54, 1.807) is 6.07 Å². The maximum absolute atomic E-state index is 12.7. The second kappa shape index (κ2) is 9.43. The minimum atomic E-state index is -3.75. The number of halogens is 2. The van der Waals surface area contributed by atoms with Crippen LogP contribution in [0.5, 0.6) is 5.75 Å². The monoisotopic (exact) mass is 444 g/mol. The van der Waals surface area contributed by atoms with Gasteiger partial charge in [0.25, 0.3) is 0 Å². The minimum absolute atomic E-state index is 0.00569. The summed E-state index contributed by atoms with van der Waals surface area (Å²) in [7, 11) is -3.75. The topological polar surface area (TPSA) is 78.9 Å². The Morgan fingerprint density at radius 3 is 2.82 bits per heavy atom. The zero-order valence-corrected chi connectivity index (χ0v) is 17.5. The third-order valence-electron chi connectivity index (χ3n) is 4.44. The Morgan fingerprint density at radius 2 is 2.04 bits per heavy atom. The first-order valence-electron chi connectivity index (χ1n) is 8.90. The molecule has 152 valence electrons. The van der Waals surface area contributed by atoms with E-state index >= 15 is 0 Å². The maximum Gasteiger partial charge on any atom is 0.242 e. The molecule has 1 aliphatic rings. The zero-order valence-electron chi connectivity index (χ0n) is 15.1. The summed E-state index contributed by atoms with van der Waals surface area (Å²) in [6.45, 7) is 2.28. The Kier molecular flexibility index (Phi) is 7.20. The lowest BCUT2D eigenvalue weighted by molar-refractivity contribution is 0.201. The van der Waals surface area contributed by atoms with Crippen LogP contribution in [0, 0.1) is 0 Å². The van der Waals surface area contributed by atoms with Gasteiger partial charge in [-0.05, 0) is 42.3 Å². The summed E-state index contributed by atoms with van der Waals surface area (Å²) in [5.41, 5.74) is 1.07. The van der Waals surface area contributed by atoms with Crippen LogP contribution in [0.25, 0.3) is 0 Å². The molecule has 28 heavy (non-hydrogen) atoms. The number of rotatable bonds is 8.